The molecular formula is C17H11N3. The minimum Gasteiger partial charge on any atom is -0.198 e. The van der Waals surface area contributed by atoms with Gasteiger partial charge in [-0.1, -0.05) is 24.3 Å². The molecule has 0 N–H and O–H groups in total. The summed E-state index contributed by atoms with van der Waals surface area (Å²) in [5.74, 6) is -0.254. The molecule has 3 nitrogen and oxygen atoms in total. The Morgan fingerprint density at radius 3 is 1.70 bits per heavy atom. The zero-order chi connectivity index (χ0) is 14.4. The molecule has 2 aromatic rings. The van der Waals surface area contributed by atoms with Crippen molar-refractivity contribution in [3.05, 3.63) is 70.8 Å². The molecule has 0 bridgehead atoms. The van der Waals surface area contributed by atoms with Gasteiger partial charge in [-0.3, -0.25) is 0 Å². The predicted molar refractivity (Wildman–Crippen MR) is 74.4 cm³/mol. The summed E-state index contributed by atoms with van der Waals surface area (Å²) in [7, 11) is 0. The first-order valence-electron chi connectivity index (χ1n) is 6.15. The van der Waals surface area contributed by atoms with E-state index in [1.807, 2.05) is 24.3 Å². The van der Waals surface area contributed by atoms with E-state index in [4.69, 9.17) is 10.5 Å². The number of nitriles is 3. The van der Waals surface area contributed by atoms with Crippen molar-refractivity contribution in [3.63, 3.8) is 0 Å². The number of benzene rings is 2. The van der Waals surface area contributed by atoms with Crippen LogP contribution in [0.15, 0.2) is 48.5 Å². The van der Waals surface area contributed by atoms with Crippen molar-refractivity contribution in [2.75, 3.05) is 0 Å². The van der Waals surface area contributed by atoms with E-state index in [1.54, 1.807) is 24.3 Å². The monoisotopic (exact) mass is 257 g/mol. The topological polar surface area (TPSA) is 71.4 Å². The van der Waals surface area contributed by atoms with E-state index in [1.165, 1.54) is 0 Å². The lowest BCUT2D eigenvalue weighted by atomic mass is 9.92. The van der Waals surface area contributed by atoms with Crippen molar-refractivity contribution in [1.29, 1.82) is 15.8 Å². The first-order chi connectivity index (χ1) is 9.76. The summed E-state index contributed by atoms with van der Waals surface area (Å²) in [6.07, 6.45) is 0.591. The highest BCUT2D eigenvalue weighted by molar-refractivity contribution is 5.37. The van der Waals surface area contributed by atoms with E-state index in [2.05, 4.69) is 18.2 Å². The lowest BCUT2D eigenvalue weighted by Gasteiger charge is -2.09. The first-order valence-corrected chi connectivity index (χ1v) is 6.15. The van der Waals surface area contributed by atoms with Crippen LogP contribution in [0.1, 0.15) is 28.2 Å². The van der Waals surface area contributed by atoms with E-state index in [0.29, 0.717) is 17.5 Å². The van der Waals surface area contributed by atoms with Crippen LogP contribution in [0.25, 0.3) is 0 Å². The predicted octanol–water partition coefficient (Wildman–Crippen LogP) is 3.28. The van der Waals surface area contributed by atoms with E-state index in [-0.39, 0.29) is 5.92 Å². The Labute approximate surface area is 117 Å². The normalized spacial score (nSPS) is 10.8. The van der Waals surface area contributed by atoms with Crippen LogP contribution in [0, 0.1) is 34.0 Å². The molecule has 0 saturated carbocycles. The molecule has 0 heterocycles. The molecule has 0 saturated heterocycles. The van der Waals surface area contributed by atoms with Gasteiger partial charge in [0.25, 0.3) is 0 Å². The molecule has 1 atom stereocenters. The Morgan fingerprint density at radius 2 is 1.25 bits per heavy atom. The largest absolute Gasteiger partial charge is 0.198 e. The van der Waals surface area contributed by atoms with E-state index in [0.717, 1.165) is 11.1 Å². The average molecular weight is 257 g/mol. The van der Waals surface area contributed by atoms with Gasteiger partial charge in [0.15, 0.2) is 0 Å². The second-order valence-corrected chi connectivity index (χ2v) is 4.43. The highest BCUT2D eigenvalue weighted by Crippen LogP contribution is 2.21. The fourth-order valence-electron chi connectivity index (χ4n) is 1.98. The van der Waals surface area contributed by atoms with Gasteiger partial charge < -0.3 is 0 Å². The molecule has 2 rings (SSSR count). The van der Waals surface area contributed by atoms with Crippen molar-refractivity contribution in [3.8, 4) is 18.2 Å². The molecule has 94 valence electrons. The number of nitrogens with zero attached hydrogens (tertiary/aromatic N) is 3. The fraction of sp³-hybridized carbons (Fsp3) is 0.118. The molecule has 0 aliphatic rings. The molecule has 0 aliphatic heterocycles. The summed E-state index contributed by atoms with van der Waals surface area (Å²) in [4.78, 5) is 0. The lowest BCUT2D eigenvalue weighted by Crippen LogP contribution is -2.00. The quantitative estimate of drug-likeness (QED) is 0.847. The summed E-state index contributed by atoms with van der Waals surface area (Å²) in [5.41, 5.74) is 3.11. The first kappa shape index (κ1) is 13.3. The SMILES string of the molecule is N#Cc1ccc(C[C@@H](C#N)c2ccc(C#N)cc2)cc1. The Bertz CT molecular complexity index is 707. The van der Waals surface area contributed by atoms with Crippen LogP contribution in [0.5, 0.6) is 0 Å². The van der Waals surface area contributed by atoms with Crippen LogP contribution in [0.4, 0.5) is 0 Å². The van der Waals surface area contributed by atoms with Crippen molar-refractivity contribution >= 4 is 0 Å². The zero-order valence-corrected chi connectivity index (χ0v) is 10.7. The standard InChI is InChI=1S/C17H11N3/c18-10-14-3-1-13(2-4-14)9-17(12-20)16-7-5-15(11-19)6-8-16/h1-8,17H,9H2/t17-/m0/s1. The van der Waals surface area contributed by atoms with Gasteiger partial charge in [-0.2, -0.15) is 15.8 Å². The van der Waals surface area contributed by atoms with Crippen molar-refractivity contribution in [1.82, 2.24) is 0 Å². The van der Waals surface area contributed by atoms with Crippen LogP contribution in [0.3, 0.4) is 0 Å². The molecular weight excluding hydrogens is 246 g/mol. The summed E-state index contributed by atoms with van der Waals surface area (Å²) in [5, 5.41) is 26.8. The molecule has 0 fully saturated rings. The van der Waals surface area contributed by atoms with Crippen LogP contribution in [-0.4, -0.2) is 0 Å². The van der Waals surface area contributed by atoms with Gasteiger partial charge >= 0.3 is 0 Å². The Balaban J connectivity index is 2.18. The Kier molecular flexibility index (Phi) is 4.13. The summed E-state index contributed by atoms with van der Waals surface area (Å²) in [6.45, 7) is 0. The third-order valence-corrected chi connectivity index (χ3v) is 3.12. The number of hydrogen-bond acceptors (Lipinski definition) is 3. The Morgan fingerprint density at radius 1 is 0.750 bits per heavy atom. The summed E-state index contributed by atoms with van der Waals surface area (Å²) < 4.78 is 0. The van der Waals surface area contributed by atoms with E-state index < -0.39 is 0 Å². The van der Waals surface area contributed by atoms with Gasteiger partial charge in [-0.05, 0) is 41.8 Å². The van der Waals surface area contributed by atoms with Gasteiger partial charge in [-0.25, -0.2) is 0 Å². The number of rotatable bonds is 3. The molecule has 2 aromatic carbocycles. The van der Waals surface area contributed by atoms with Crippen LogP contribution in [-0.2, 0) is 6.42 Å². The average Bonchev–Trinajstić information content (AvgIpc) is 2.53. The van der Waals surface area contributed by atoms with Crippen molar-refractivity contribution < 1.29 is 0 Å². The minimum absolute atomic E-state index is 0.254. The zero-order valence-electron chi connectivity index (χ0n) is 10.7. The van der Waals surface area contributed by atoms with E-state index in [9.17, 15) is 5.26 Å². The smallest absolute Gasteiger partial charge is 0.0991 e. The van der Waals surface area contributed by atoms with E-state index >= 15 is 0 Å². The second kappa shape index (κ2) is 6.19. The Hall–Kier alpha value is -3.09. The maximum Gasteiger partial charge on any atom is 0.0991 e. The lowest BCUT2D eigenvalue weighted by molar-refractivity contribution is 0.849. The van der Waals surface area contributed by atoms with Gasteiger partial charge in [0.2, 0.25) is 0 Å². The van der Waals surface area contributed by atoms with Crippen LogP contribution < -0.4 is 0 Å². The van der Waals surface area contributed by atoms with Gasteiger partial charge in [0.1, 0.15) is 0 Å². The maximum atomic E-state index is 9.30. The summed E-state index contributed by atoms with van der Waals surface area (Å²) in [6, 6.07) is 20.7. The van der Waals surface area contributed by atoms with Crippen LogP contribution in [0.2, 0.25) is 0 Å². The van der Waals surface area contributed by atoms with Crippen molar-refractivity contribution in [2.24, 2.45) is 0 Å². The third kappa shape index (κ3) is 3.02. The molecule has 0 unspecified atom stereocenters. The molecule has 0 aromatic heterocycles. The molecule has 20 heavy (non-hydrogen) atoms. The fourth-order valence-corrected chi connectivity index (χ4v) is 1.98. The molecule has 3 heteroatoms. The van der Waals surface area contributed by atoms with Gasteiger partial charge in [-0.15, -0.1) is 0 Å². The molecule has 0 spiro atoms. The highest BCUT2D eigenvalue weighted by atomic mass is 14.3. The second-order valence-electron chi connectivity index (χ2n) is 4.43. The molecule has 0 amide bonds. The minimum atomic E-state index is -0.254. The number of hydrogen-bond donors (Lipinski definition) is 0. The molecule has 0 aliphatic carbocycles. The van der Waals surface area contributed by atoms with Crippen LogP contribution >= 0.6 is 0 Å². The van der Waals surface area contributed by atoms with Gasteiger partial charge in [0, 0.05) is 0 Å². The summed E-state index contributed by atoms with van der Waals surface area (Å²) >= 11 is 0. The highest BCUT2D eigenvalue weighted by Gasteiger charge is 2.11. The van der Waals surface area contributed by atoms with Gasteiger partial charge in [0.05, 0.1) is 35.3 Å². The third-order valence-electron chi connectivity index (χ3n) is 3.12. The molecule has 0 radical (unpaired) electrons. The van der Waals surface area contributed by atoms with Crippen molar-refractivity contribution in [2.45, 2.75) is 12.3 Å². The maximum absolute atomic E-state index is 9.30.